The summed E-state index contributed by atoms with van der Waals surface area (Å²) in [7, 11) is -4.34. The van der Waals surface area contributed by atoms with Gasteiger partial charge in [-0.15, -0.1) is 11.8 Å². The summed E-state index contributed by atoms with van der Waals surface area (Å²) < 4.78 is 68.4. The minimum absolute atomic E-state index is 0.0990. The highest BCUT2D eigenvalue weighted by molar-refractivity contribution is 7.99. The van der Waals surface area contributed by atoms with Crippen LogP contribution in [0.15, 0.2) is 64.4 Å². The fraction of sp³-hybridized carbons (Fsp3) is 0.273. The maximum Gasteiger partial charge on any atom is 0.405 e. The highest BCUT2D eigenvalue weighted by Gasteiger charge is 2.42. The Labute approximate surface area is 178 Å². The minimum atomic E-state index is -4.72. The fourth-order valence-electron chi connectivity index (χ4n) is 3.47. The molecule has 0 bridgehead atoms. The van der Waals surface area contributed by atoms with Crippen LogP contribution in [0.1, 0.15) is 16.7 Å². The van der Waals surface area contributed by atoms with Crippen molar-refractivity contribution >= 4 is 32.6 Å². The minimum Gasteiger partial charge on any atom is -0.207 e. The summed E-state index contributed by atoms with van der Waals surface area (Å²) in [5, 5.41) is 1.90. The van der Waals surface area contributed by atoms with Crippen LogP contribution in [0.25, 0.3) is 10.8 Å². The number of thioether (sulfide) groups is 1. The Morgan fingerprint density at radius 3 is 2.13 bits per heavy atom. The molecule has 0 radical (unpaired) electrons. The Morgan fingerprint density at radius 2 is 1.53 bits per heavy atom. The Hall–Kier alpha value is -2.03. The molecule has 0 amide bonds. The quantitative estimate of drug-likeness (QED) is 0.482. The van der Waals surface area contributed by atoms with Crippen LogP contribution < -0.4 is 4.72 Å². The number of hydrogen-bond acceptors (Lipinski definition) is 3. The monoisotopic (exact) mass is 453 g/mol. The van der Waals surface area contributed by atoms with E-state index in [1.165, 1.54) is 0 Å². The van der Waals surface area contributed by atoms with Crippen molar-refractivity contribution in [2.24, 2.45) is 0 Å². The summed E-state index contributed by atoms with van der Waals surface area (Å²) in [6.07, 6.45) is -4.72. The first kappa shape index (κ1) is 22.7. The lowest BCUT2D eigenvalue weighted by atomic mass is 10.1. The molecule has 3 nitrogen and oxygen atoms in total. The smallest absolute Gasteiger partial charge is 0.207 e. The lowest BCUT2D eigenvalue weighted by Gasteiger charge is -2.22. The van der Waals surface area contributed by atoms with Crippen LogP contribution in [0.4, 0.5) is 13.2 Å². The molecule has 0 aliphatic rings. The van der Waals surface area contributed by atoms with Gasteiger partial charge in [0.15, 0.2) is 0 Å². The summed E-state index contributed by atoms with van der Waals surface area (Å²) >= 11 is 0.970. The molecule has 0 saturated carbocycles. The number of sulfonamides is 1. The van der Waals surface area contributed by atoms with Crippen LogP contribution in [-0.2, 0) is 10.0 Å². The average molecular weight is 454 g/mol. The van der Waals surface area contributed by atoms with Gasteiger partial charge in [0.2, 0.25) is 10.0 Å². The molecule has 8 heteroatoms. The summed E-state index contributed by atoms with van der Waals surface area (Å²) in [6.45, 7) is 4.98. The average Bonchev–Trinajstić information content (AvgIpc) is 2.63. The van der Waals surface area contributed by atoms with E-state index in [2.05, 4.69) is 0 Å². The number of aryl methyl sites for hydroxylation is 3. The molecule has 1 atom stereocenters. The third-order valence-corrected chi connectivity index (χ3v) is 7.57. The van der Waals surface area contributed by atoms with Gasteiger partial charge in [-0.05, 0) is 54.8 Å². The highest BCUT2D eigenvalue weighted by Crippen LogP contribution is 2.31. The maximum atomic E-state index is 13.6. The summed E-state index contributed by atoms with van der Waals surface area (Å²) in [5.74, 6) is -0.467. The molecule has 160 valence electrons. The Balaban J connectivity index is 1.84. The summed E-state index contributed by atoms with van der Waals surface area (Å²) in [5.41, 5.74) is 1.69. The molecule has 0 aliphatic heterocycles. The molecule has 0 heterocycles. The number of rotatable bonds is 6. The van der Waals surface area contributed by atoms with E-state index in [1.807, 2.05) is 42.0 Å². The molecule has 3 aromatic carbocycles. The Kier molecular flexibility index (Phi) is 6.50. The van der Waals surface area contributed by atoms with E-state index in [4.69, 9.17) is 0 Å². The van der Waals surface area contributed by atoms with Crippen molar-refractivity contribution in [3.05, 3.63) is 71.3 Å². The van der Waals surface area contributed by atoms with Crippen molar-refractivity contribution in [2.75, 3.05) is 5.75 Å². The van der Waals surface area contributed by atoms with Crippen molar-refractivity contribution in [2.45, 2.75) is 42.8 Å². The van der Waals surface area contributed by atoms with Crippen LogP contribution in [0, 0.1) is 20.8 Å². The first-order valence-electron chi connectivity index (χ1n) is 9.26. The second-order valence-corrected chi connectivity index (χ2v) is 10.0. The second-order valence-electron chi connectivity index (χ2n) is 7.26. The van der Waals surface area contributed by atoms with Crippen LogP contribution >= 0.6 is 11.8 Å². The molecule has 3 rings (SSSR count). The summed E-state index contributed by atoms with van der Waals surface area (Å²) in [6, 6.07) is 14.0. The van der Waals surface area contributed by atoms with Crippen LogP contribution in [0.5, 0.6) is 0 Å². The van der Waals surface area contributed by atoms with E-state index in [0.29, 0.717) is 16.0 Å². The number of halogens is 3. The predicted molar refractivity (Wildman–Crippen MR) is 115 cm³/mol. The summed E-state index contributed by atoms with van der Waals surface area (Å²) in [4.78, 5) is 0.544. The predicted octanol–water partition coefficient (Wildman–Crippen LogP) is 5.77. The largest absolute Gasteiger partial charge is 0.405 e. The van der Waals surface area contributed by atoms with Gasteiger partial charge in [-0.25, -0.2) is 8.42 Å². The van der Waals surface area contributed by atoms with E-state index in [9.17, 15) is 21.6 Å². The van der Waals surface area contributed by atoms with Gasteiger partial charge in [0, 0.05) is 10.6 Å². The molecule has 3 aromatic rings. The Bertz CT molecular complexity index is 1150. The van der Waals surface area contributed by atoms with Gasteiger partial charge < -0.3 is 0 Å². The molecular formula is C22H22F3NO2S2. The SMILES string of the molecule is Cc1cc(C)c(S(=O)(=O)NC(CSc2ccc3ccccc3c2)C(F)(F)F)c(C)c1. The number of benzene rings is 3. The first-order valence-corrected chi connectivity index (χ1v) is 11.7. The molecule has 0 fully saturated rings. The molecule has 0 saturated heterocycles. The topological polar surface area (TPSA) is 46.2 Å². The zero-order valence-corrected chi connectivity index (χ0v) is 18.4. The van der Waals surface area contributed by atoms with Crippen molar-refractivity contribution < 1.29 is 21.6 Å². The molecule has 0 spiro atoms. The zero-order chi connectivity index (χ0) is 22.1. The van der Waals surface area contributed by atoms with Gasteiger partial charge in [0.25, 0.3) is 0 Å². The van der Waals surface area contributed by atoms with Crippen LogP contribution in [0.3, 0.4) is 0 Å². The van der Waals surface area contributed by atoms with Crippen molar-refractivity contribution in [3.8, 4) is 0 Å². The molecule has 0 aliphatic carbocycles. The number of fused-ring (bicyclic) bond motifs is 1. The van der Waals surface area contributed by atoms with Gasteiger partial charge >= 0.3 is 6.18 Å². The van der Waals surface area contributed by atoms with Crippen LogP contribution in [0.2, 0.25) is 0 Å². The van der Waals surface area contributed by atoms with Gasteiger partial charge in [-0.2, -0.15) is 17.9 Å². The number of nitrogens with one attached hydrogen (secondary N) is 1. The lowest BCUT2D eigenvalue weighted by Crippen LogP contribution is -2.47. The van der Waals surface area contributed by atoms with E-state index >= 15 is 0 Å². The fourth-order valence-corrected chi connectivity index (χ4v) is 6.26. The number of hydrogen-bond donors (Lipinski definition) is 1. The molecular weight excluding hydrogens is 431 g/mol. The van der Waals surface area contributed by atoms with E-state index in [-0.39, 0.29) is 4.90 Å². The third kappa shape index (κ3) is 5.17. The second kappa shape index (κ2) is 8.61. The van der Waals surface area contributed by atoms with E-state index in [1.54, 1.807) is 38.1 Å². The van der Waals surface area contributed by atoms with Crippen molar-refractivity contribution in [1.82, 2.24) is 4.72 Å². The molecule has 1 unspecified atom stereocenters. The highest BCUT2D eigenvalue weighted by atomic mass is 32.2. The van der Waals surface area contributed by atoms with E-state index < -0.39 is 28.0 Å². The van der Waals surface area contributed by atoms with Gasteiger partial charge in [0.1, 0.15) is 6.04 Å². The first-order chi connectivity index (χ1) is 14.0. The number of alkyl halides is 3. The third-order valence-electron chi connectivity index (χ3n) is 4.70. The Morgan fingerprint density at radius 1 is 0.933 bits per heavy atom. The zero-order valence-electron chi connectivity index (χ0n) is 16.7. The van der Waals surface area contributed by atoms with Gasteiger partial charge in [-0.1, -0.05) is 48.0 Å². The molecule has 30 heavy (non-hydrogen) atoms. The van der Waals surface area contributed by atoms with Gasteiger partial charge in [-0.3, -0.25) is 0 Å². The molecule has 0 aromatic heterocycles. The normalized spacial score (nSPS) is 13.5. The maximum absolute atomic E-state index is 13.6. The molecule has 1 N–H and O–H groups in total. The van der Waals surface area contributed by atoms with Crippen molar-refractivity contribution in [3.63, 3.8) is 0 Å². The van der Waals surface area contributed by atoms with Crippen LogP contribution in [-0.4, -0.2) is 26.4 Å². The standard InChI is InChI=1S/C22H22F3NO2S2/c1-14-10-15(2)21(16(3)11-14)30(27,28)26-20(22(23,24)25)13-29-19-9-8-17-6-4-5-7-18(17)12-19/h4-12,20,26H,13H2,1-3H3. The van der Waals surface area contributed by atoms with E-state index in [0.717, 1.165) is 28.1 Å². The lowest BCUT2D eigenvalue weighted by molar-refractivity contribution is -0.145. The van der Waals surface area contributed by atoms with Crippen molar-refractivity contribution in [1.29, 1.82) is 0 Å². The van der Waals surface area contributed by atoms with Gasteiger partial charge in [0.05, 0.1) is 4.90 Å².